The summed E-state index contributed by atoms with van der Waals surface area (Å²) in [6, 6.07) is 9.90. The lowest BCUT2D eigenvalue weighted by atomic mass is 10.2. The van der Waals surface area contributed by atoms with Crippen molar-refractivity contribution in [1.29, 1.82) is 0 Å². The first-order valence-electron chi connectivity index (χ1n) is 6.56. The van der Waals surface area contributed by atoms with Gasteiger partial charge in [0.2, 0.25) is 5.91 Å². The summed E-state index contributed by atoms with van der Waals surface area (Å²) in [4.78, 5) is 25.0. The number of rotatable bonds is 6. The van der Waals surface area contributed by atoms with Gasteiger partial charge in [-0.05, 0) is 47.9 Å². The summed E-state index contributed by atoms with van der Waals surface area (Å²) in [5.41, 5.74) is 1.98. The molecule has 5 heteroatoms. The average molecular weight is 319 g/mol. The largest absolute Gasteiger partial charge is 0.352 e. The lowest BCUT2D eigenvalue weighted by Gasteiger charge is -2.06. The Hall–Kier alpha value is -1.59. The van der Waals surface area contributed by atoms with Crippen LogP contribution >= 0.6 is 23.1 Å². The third-order valence-corrected chi connectivity index (χ3v) is 4.79. The van der Waals surface area contributed by atoms with E-state index in [1.165, 1.54) is 23.2 Å². The predicted molar refractivity (Wildman–Crippen MR) is 88.1 cm³/mol. The number of thiophene rings is 1. The molecule has 21 heavy (non-hydrogen) atoms. The zero-order chi connectivity index (χ0) is 15.2. The summed E-state index contributed by atoms with van der Waals surface area (Å²) in [5, 5.41) is 4.77. The third kappa shape index (κ3) is 4.72. The Kier molecular flexibility index (Phi) is 5.59. The Morgan fingerprint density at radius 1 is 1.24 bits per heavy atom. The van der Waals surface area contributed by atoms with E-state index in [9.17, 15) is 9.59 Å². The van der Waals surface area contributed by atoms with Crippen LogP contribution in [0.4, 0.5) is 0 Å². The molecule has 0 spiro atoms. The van der Waals surface area contributed by atoms with Crippen LogP contribution < -0.4 is 5.32 Å². The number of thioether (sulfide) groups is 1. The van der Waals surface area contributed by atoms with Crippen molar-refractivity contribution in [1.82, 2.24) is 5.32 Å². The van der Waals surface area contributed by atoms with Gasteiger partial charge in [-0.15, -0.1) is 23.1 Å². The van der Waals surface area contributed by atoms with Gasteiger partial charge < -0.3 is 5.32 Å². The van der Waals surface area contributed by atoms with E-state index in [1.54, 1.807) is 17.8 Å². The molecule has 0 saturated heterocycles. The molecule has 2 rings (SSSR count). The van der Waals surface area contributed by atoms with E-state index in [-0.39, 0.29) is 11.7 Å². The molecule has 0 radical (unpaired) electrons. The number of ketones is 1. The number of carbonyl (C=O) groups excluding carboxylic acids is 2. The molecule has 1 N–H and O–H groups in total. The molecule has 0 atom stereocenters. The highest BCUT2D eigenvalue weighted by Gasteiger charge is 2.08. The number of hydrogen-bond acceptors (Lipinski definition) is 4. The van der Waals surface area contributed by atoms with Crippen LogP contribution in [0.25, 0.3) is 0 Å². The first-order chi connectivity index (χ1) is 10.1. The molecular formula is C16H17NO2S2. The zero-order valence-electron chi connectivity index (χ0n) is 12.0. The molecule has 1 amide bonds. The van der Waals surface area contributed by atoms with Gasteiger partial charge in [0.05, 0.1) is 11.3 Å². The number of amides is 1. The normalized spacial score (nSPS) is 10.4. The minimum atomic E-state index is -0.0301. The van der Waals surface area contributed by atoms with Crippen molar-refractivity contribution in [2.24, 2.45) is 0 Å². The molecule has 110 valence electrons. The lowest BCUT2D eigenvalue weighted by Crippen LogP contribution is -2.24. The fourth-order valence-electron chi connectivity index (χ4n) is 1.88. The van der Waals surface area contributed by atoms with E-state index in [2.05, 4.69) is 11.4 Å². The van der Waals surface area contributed by atoms with Crippen LogP contribution in [0.5, 0.6) is 0 Å². The molecule has 0 saturated carbocycles. The second kappa shape index (κ2) is 7.43. The van der Waals surface area contributed by atoms with Gasteiger partial charge >= 0.3 is 0 Å². The van der Waals surface area contributed by atoms with E-state index in [0.717, 1.165) is 11.1 Å². The van der Waals surface area contributed by atoms with Gasteiger partial charge in [0, 0.05) is 11.4 Å². The first kappa shape index (κ1) is 15.8. The van der Waals surface area contributed by atoms with Crippen LogP contribution in [0.2, 0.25) is 0 Å². The van der Waals surface area contributed by atoms with Crippen molar-refractivity contribution in [2.75, 3.05) is 6.26 Å². The summed E-state index contributed by atoms with van der Waals surface area (Å²) in [6.45, 7) is 2.06. The van der Waals surface area contributed by atoms with Crippen LogP contribution in [0.1, 0.15) is 27.7 Å². The SMILES string of the molecule is CSc1cccc(CNC(=O)Cc2csc(C(C)=O)c2)c1. The van der Waals surface area contributed by atoms with Gasteiger partial charge in [-0.2, -0.15) is 0 Å². The van der Waals surface area contributed by atoms with Crippen LogP contribution in [-0.2, 0) is 17.8 Å². The minimum absolute atomic E-state index is 0.0301. The molecule has 0 aliphatic rings. The van der Waals surface area contributed by atoms with Crippen molar-refractivity contribution in [3.05, 3.63) is 51.7 Å². The Balaban J connectivity index is 1.87. The maximum Gasteiger partial charge on any atom is 0.224 e. The fourth-order valence-corrected chi connectivity index (χ4v) is 3.18. The number of benzene rings is 1. The molecule has 0 bridgehead atoms. The second-order valence-corrected chi connectivity index (χ2v) is 6.47. The van der Waals surface area contributed by atoms with Gasteiger partial charge in [0.25, 0.3) is 0 Å². The molecule has 0 fully saturated rings. The smallest absolute Gasteiger partial charge is 0.224 e. The van der Waals surface area contributed by atoms with E-state index < -0.39 is 0 Å². The average Bonchev–Trinajstić information content (AvgIpc) is 2.94. The van der Waals surface area contributed by atoms with Crippen molar-refractivity contribution >= 4 is 34.8 Å². The van der Waals surface area contributed by atoms with Gasteiger partial charge in [-0.1, -0.05) is 12.1 Å². The Morgan fingerprint density at radius 2 is 2.05 bits per heavy atom. The highest BCUT2D eigenvalue weighted by atomic mass is 32.2. The van der Waals surface area contributed by atoms with Crippen molar-refractivity contribution in [3.8, 4) is 0 Å². The van der Waals surface area contributed by atoms with Crippen LogP contribution in [0.3, 0.4) is 0 Å². The van der Waals surface area contributed by atoms with Crippen LogP contribution in [-0.4, -0.2) is 17.9 Å². The molecule has 1 aromatic carbocycles. The lowest BCUT2D eigenvalue weighted by molar-refractivity contribution is -0.120. The molecule has 0 aliphatic heterocycles. The van der Waals surface area contributed by atoms with Crippen molar-refractivity contribution in [2.45, 2.75) is 24.8 Å². The summed E-state index contributed by atoms with van der Waals surface area (Å²) >= 11 is 3.07. The van der Waals surface area contributed by atoms with Gasteiger partial charge in [0.1, 0.15) is 0 Å². The van der Waals surface area contributed by atoms with E-state index in [4.69, 9.17) is 0 Å². The standard InChI is InChI=1S/C16H17NO2S2/c1-11(18)15-7-13(10-21-15)8-16(19)17-9-12-4-3-5-14(6-12)20-2/h3-7,10H,8-9H2,1-2H3,(H,17,19). The molecule has 2 aromatic rings. The highest BCUT2D eigenvalue weighted by Crippen LogP contribution is 2.17. The summed E-state index contributed by atoms with van der Waals surface area (Å²) in [6.07, 6.45) is 2.34. The van der Waals surface area contributed by atoms with Gasteiger partial charge in [0.15, 0.2) is 5.78 Å². The minimum Gasteiger partial charge on any atom is -0.352 e. The maximum atomic E-state index is 11.9. The fraction of sp³-hybridized carbons (Fsp3) is 0.250. The molecule has 1 heterocycles. The Morgan fingerprint density at radius 3 is 2.71 bits per heavy atom. The molecule has 0 aliphatic carbocycles. The molecule has 1 aromatic heterocycles. The topological polar surface area (TPSA) is 46.2 Å². The quantitative estimate of drug-likeness (QED) is 0.654. The monoisotopic (exact) mass is 319 g/mol. The summed E-state index contributed by atoms with van der Waals surface area (Å²) in [7, 11) is 0. The second-order valence-electron chi connectivity index (χ2n) is 4.68. The van der Waals surface area contributed by atoms with Gasteiger partial charge in [-0.3, -0.25) is 9.59 Å². The summed E-state index contributed by atoms with van der Waals surface area (Å²) in [5.74, 6) is 0.0120. The third-order valence-electron chi connectivity index (χ3n) is 2.99. The number of Topliss-reactive ketones (excluding diaryl/α,β-unsaturated/α-hetero) is 1. The van der Waals surface area contributed by atoms with E-state index in [1.807, 2.05) is 29.8 Å². The summed E-state index contributed by atoms with van der Waals surface area (Å²) < 4.78 is 0. The highest BCUT2D eigenvalue weighted by molar-refractivity contribution is 7.98. The Labute approximate surface area is 132 Å². The van der Waals surface area contributed by atoms with Gasteiger partial charge in [-0.25, -0.2) is 0 Å². The van der Waals surface area contributed by atoms with E-state index >= 15 is 0 Å². The zero-order valence-corrected chi connectivity index (χ0v) is 13.6. The number of carbonyl (C=O) groups is 2. The molecule has 0 unspecified atom stereocenters. The molecular weight excluding hydrogens is 302 g/mol. The van der Waals surface area contributed by atoms with Crippen molar-refractivity contribution < 1.29 is 9.59 Å². The Bertz CT molecular complexity index is 649. The first-order valence-corrected chi connectivity index (χ1v) is 8.67. The maximum absolute atomic E-state index is 11.9. The number of hydrogen-bond donors (Lipinski definition) is 1. The molecule has 3 nitrogen and oxygen atoms in total. The van der Waals surface area contributed by atoms with Crippen LogP contribution in [0.15, 0.2) is 40.6 Å². The predicted octanol–water partition coefficient (Wildman–Crippen LogP) is 3.53. The van der Waals surface area contributed by atoms with Crippen LogP contribution in [0, 0.1) is 0 Å². The van der Waals surface area contributed by atoms with E-state index in [0.29, 0.717) is 17.8 Å². The number of nitrogens with one attached hydrogen (secondary N) is 1. The van der Waals surface area contributed by atoms with Crippen molar-refractivity contribution in [3.63, 3.8) is 0 Å².